The number of aldehydes is 1. The van der Waals surface area contributed by atoms with Crippen molar-refractivity contribution in [1.82, 2.24) is 0 Å². The van der Waals surface area contributed by atoms with Crippen molar-refractivity contribution in [2.45, 2.75) is 336 Å². The average molecular weight is 1160 g/mol. The number of esters is 1. The van der Waals surface area contributed by atoms with Gasteiger partial charge in [0.05, 0.1) is 54.5 Å². The number of fused-ring (bicyclic) bond motifs is 8. The molecule has 0 aliphatic carbocycles. The molecule has 0 aromatic carbocycles. The SMILES string of the molecule is CO[C@H]1CC[C@]23CC[C@H](C)[C@@H](C[C@@H](O[Si](C)(C)C(C)(C)C)C[C@H](O[Si](C)(C)C(C)(C)C)C[C@@H]4CCC[C@H](CC(=O)O[C@H]5C[C@@]6(O[C@H]5CC=O)O[C@]5(CC[C@@H]6C)C[C@@H](OC)[C@H](Cl)[C@@H](CC[C@H](C)[C@@H]6OC(C)(C)O[C@@H]6[C@H]1O2)O5)O4)O3. The first-order chi connectivity index (χ1) is 36.3. The zero-order valence-corrected chi connectivity index (χ0v) is 53.9. The molecule has 20 atom stereocenters. The van der Waals surface area contributed by atoms with Gasteiger partial charge in [-0.3, -0.25) is 4.79 Å². The third-order valence-electron chi connectivity index (χ3n) is 20.5. The van der Waals surface area contributed by atoms with E-state index in [9.17, 15) is 9.59 Å². The molecule has 450 valence electrons. The van der Waals surface area contributed by atoms with Gasteiger partial charge in [-0.2, -0.15) is 0 Å². The minimum Gasteiger partial charge on any atom is -0.459 e. The molecule has 9 bridgehead atoms. The molecular formula is C60H105ClO15Si2. The van der Waals surface area contributed by atoms with Crippen LogP contribution in [-0.2, 0) is 70.5 Å². The Kier molecular flexibility index (Phi) is 19.8. The van der Waals surface area contributed by atoms with Crippen LogP contribution in [0.15, 0.2) is 0 Å². The summed E-state index contributed by atoms with van der Waals surface area (Å²) in [5, 5.41) is -0.515. The summed E-state index contributed by atoms with van der Waals surface area (Å²) in [4.78, 5) is 26.5. The lowest BCUT2D eigenvalue weighted by Crippen LogP contribution is -2.61. The second kappa shape index (κ2) is 24.4. The topological polar surface area (TPSA) is 154 Å². The van der Waals surface area contributed by atoms with Gasteiger partial charge in [0, 0.05) is 70.9 Å². The quantitative estimate of drug-likeness (QED) is 0.0979. The fraction of sp³-hybridized carbons (Fsp3) is 0.967. The molecule has 0 N–H and O–H groups in total. The maximum absolute atomic E-state index is 14.2. The molecule has 8 aliphatic heterocycles. The van der Waals surface area contributed by atoms with Gasteiger partial charge in [-0.15, -0.1) is 11.6 Å². The minimum atomic E-state index is -2.33. The van der Waals surface area contributed by atoms with Crippen LogP contribution in [0.2, 0.25) is 36.3 Å². The van der Waals surface area contributed by atoms with Gasteiger partial charge in [-0.05, 0) is 133 Å². The first kappa shape index (κ1) is 63.4. The van der Waals surface area contributed by atoms with E-state index in [-0.39, 0.29) is 102 Å². The summed E-state index contributed by atoms with van der Waals surface area (Å²) in [5.74, 6) is -4.18. The predicted molar refractivity (Wildman–Crippen MR) is 303 cm³/mol. The Bertz CT molecular complexity index is 2020. The molecule has 0 aromatic rings. The molecular weight excluding hydrogens is 1050 g/mol. The Balaban J connectivity index is 1.15. The number of ether oxygens (including phenoxy) is 11. The molecule has 8 aliphatic rings. The lowest BCUT2D eigenvalue weighted by molar-refractivity contribution is -0.413. The van der Waals surface area contributed by atoms with Crippen LogP contribution in [0.3, 0.4) is 0 Å². The van der Waals surface area contributed by atoms with E-state index in [1.807, 2.05) is 13.8 Å². The van der Waals surface area contributed by atoms with Crippen LogP contribution in [-0.4, -0.2) is 151 Å². The van der Waals surface area contributed by atoms with E-state index in [1.165, 1.54) is 0 Å². The van der Waals surface area contributed by atoms with Crippen LogP contribution in [0.1, 0.15) is 192 Å². The van der Waals surface area contributed by atoms with Crippen molar-refractivity contribution in [2.24, 2.45) is 17.8 Å². The molecule has 3 spiro atoms. The van der Waals surface area contributed by atoms with Crippen molar-refractivity contribution in [2.75, 3.05) is 14.2 Å². The Morgan fingerprint density at radius 1 is 0.641 bits per heavy atom. The van der Waals surface area contributed by atoms with E-state index < -0.39 is 75.7 Å². The highest BCUT2D eigenvalue weighted by Crippen LogP contribution is 2.54. The summed E-state index contributed by atoms with van der Waals surface area (Å²) in [5.41, 5.74) is 0. The first-order valence-electron chi connectivity index (χ1n) is 30.4. The Labute approximate surface area is 476 Å². The standard InChI is InChI=1S/C60H105ClO15Si2/c1-37-23-27-58-29-25-46(64-12)53(73-58)54-52(71-57(10,11)72-54)38(2)21-22-45-51(61)49(65-13)35-59(68-45)28-24-39(3)60(76-59)36-48(44(70-60)26-30-62)67-50(63)34-41-20-18-19-40(66-41)31-42(74-77(14,15)55(4,5)6)32-43(33-47(37)69-58)75-78(16,17)56(7,8)9/h30,37-49,51-54H,18-29,31-36H2,1-17H3/t37-,38-,39-,40-,41+,42+,43-,44-,45+,46-,47+,48-,49+,51+,52-,53-,54-,58-,59+,60+/m0/s1. The molecule has 0 amide bonds. The van der Waals surface area contributed by atoms with Crippen LogP contribution < -0.4 is 0 Å². The fourth-order valence-corrected chi connectivity index (χ4v) is 16.8. The lowest BCUT2D eigenvalue weighted by Gasteiger charge is -2.54. The van der Waals surface area contributed by atoms with Crippen molar-refractivity contribution in [3.8, 4) is 0 Å². The molecule has 15 nitrogen and oxygen atoms in total. The predicted octanol–water partition coefficient (Wildman–Crippen LogP) is 12.5. The monoisotopic (exact) mass is 1160 g/mol. The maximum Gasteiger partial charge on any atom is 0.308 e. The van der Waals surface area contributed by atoms with E-state index in [0.717, 1.165) is 51.2 Å². The van der Waals surface area contributed by atoms with E-state index >= 15 is 0 Å². The average Bonchev–Trinajstić information content (AvgIpc) is 3.96. The van der Waals surface area contributed by atoms with E-state index in [1.54, 1.807) is 14.2 Å². The number of carbonyl (C=O) groups excluding carboxylic acids is 2. The summed E-state index contributed by atoms with van der Waals surface area (Å²) >= 11 is 7.33. The van der Waals surface area contributed by atoms with Gasteiger partial charge in [0.2, 0.25) is 0 Å². The highest BCUT2D eigenvalue weighted by molar-refractivity contribution is 6.74. The van der Waals surface area contributed by atoms with Crippen molar-refractivity contribution >= 4 is 40.5 Å². The highest BCUT2D eigenvalue weighted by Gasteiger charge is 2.62. The summed E-state index contributed by atoms with van der Waals surface area (Å²) in [6.07, 6.45) is 7.40. The van der Waals surface area contributed by atoms with Gasteiger partial charge in [-0.1, -0.05) is 62.3 Å². The summed E-state index contributed by atoms with van der Waals surface area (Å²) < 4.78 is 90.7. The summed E-state index contributed by atoms with van der Waals surface area (Å²) in [6, 6.07) is 0. The smallest absolute Gasteiger partial charge is 0.308 e. The van der Waals surface area contributed by atoms with Crippen LogP contribution in [0.25, 0.3) is 0 Å². The van der Waals surface area contributed by atoms with Gasteiger partial charge in [0.15, 0.2) is 39.8 Å². The first-order valence-corrected chi connectivity index (χ1v) is 36.7. The third-order valence-corrected chi connectivity index (χ3v) is 30.1. The number of rotatable bonds is 8. The van der Waals surface area contributed by atoms with Gasteiger partial charge in [0.25, 0.3) is 0 Å². The van der Waals surface area contributed by atoms with Crippen molar-refractivity contribution in [3.05, 3.63) is 0 Å². The summed E-state index contributed by atoms with van der Waals surface area (Å²) in [7, 11) is -1.18. The minimum absolute atomic E-state index is 0.00926. The molecule has 8 rings (SSSR count). The van der Waals surface area contributed by atoms with E-state index in [0.29, 0.717) is 51.4 Å². The molecule has 8 saturated heterocycles. The van der Waals surface area contributed by atoms with Gasteiger partial charge < -0.3 is 65.8 Å². The molecule has 8 fully saturated rings. The Morgan fingerprint density at radius 2 is 1.26 bits per heavy atom. The zero-order valence-electron chi connectivity index (χ0n) is 51.1. The largest absolute Gasteiger partial charge is 0.459 e. The Morgan fingerprint density at radius 3 is 1.91 bits per heavy atom. The zero-order chi connectivity index (χ0) is 57.0. The maximum atomic E-state index is 14.2. The molecule has 0 radical (unpaired) electrons. The molecule has 78 heavy (non-hydrogen) atoms. The van der Waals surface area contributed by atoms with Crippen LogP contribution in [0.5, 0.6) is 0 Å². The van der Waals surface area contributed by atoms with Crippen molar-refractivity contribution < 1.29 is 70.5 Å². The van der Waals surface area contributed by atoms with E-state index in [2.05, 4.69) is 88.5 Å². The van der Waals surface area contributed by atoms with Gasteiger partial charge in [0.1, 0.15) is 30.7 Å². The second-order valence-corrected chi connectivity index (χ2v) is 39.0. The van der Waals surface area contributed by atoms with E-state index in [4.69, 9.17) is 72.6 Å². The van der Waals surface area contributed by atoms with Crippen LogP contribution >= 0.6 is 11.6 Å². The number of alkyl halides is 1. The highest BCUT2D eigenvalue weighted by atomic mass is 35.5. The van der Waals surface area contributed by atoms with Gasteiger partial charge in [-0.25, -0.2) is 0 Å². The summed E-state index contributed by atoms with van der Waals surface area (Å²) in [6.45, 7) is 33.8. The second-order valence-electron chi connectivity index (χ2n) is 29.0. The van der Waals surface area contributed by atoms with Crippen molar-refractivity contribution in [1.29, 1.82) is 0 Å². The molecule has 0 unspecified atom stereocenters. The molecule has 0 aromatic heterocycles. The molecule has 8 heterocycles. The number of hydrogen-bond acceptors (Lipinski definition) is 15. The normalized spacial score (nSPS) is 44.6. The van der Waals surface area contributed by atoms with Crippen molar-refractivity contribution in [3.63, 3.8) is 0 Å². The van der Waals surface area contributed by atoms with Crippen LogP contribution in [0.4, 0.5) is 0 Å². The van der Waals surface area contributed by atoms with Gasteiger partial charge >= 0.3 is 5.97 Å². The number of methoxy groups -OCH3 is 2. The molecule has 0 saturated carbocycles. The number of hydrogen-bond donors (Lipinski definition) is 0. The number of halogens is 1. The van der Waals surface area contributed by atoms with Crippen LogP contribution in [0, 0.1) is 17.8 Å². The number of carbonyl (C=O) groups is 2. The lowest BCUT2D eigenvalue weighted by atomic mass is 9.81. The fourth-order valence-electron chi connectivity index (χ4n) is 13.7. The molecule has 18 heteroatoms. The third kappa shape index (κ3) is 14.2. The Hall–Kier alpha value is -0.616.